The minimum Gasteiger partial charge on any atom is -0.481 e. The van der Waals surface area contributed by atoms with Crippen LogP contribution >= 0.6 is 0 Å². The van der Waals surface area contributed by atoms with Crippen molar-refractivity contribution in [3.63, 3.8) is 0 Å². The summed E-state index contributed by atoms with van der Waals surface area (Å²) in [6.07, 6.45) is 2.91. The Bertz CT molecular complexity index is 607. The van der Waals surface area contributed by atoms with Gasteiger partial charge in [0.1, 0.15) is 0 Å². The third-order valence-electron chi connectivity index (χ3n) is 3.24. The third kappa shape index (κ3) is 2.71. The van der Waals surface area contributed by atoms with Crippen LogP contribution in [0.2, 0.25) is 0 Å². The second-order valence-electron chi connectivity index (χ2n) is 4.63. The molecule has 0 saturated heterocycles. The molecule has 5 heteroatoms. The smallest absolute Gasteiger partial charge is 0.307 e. The van der Waals surface area contributed by atoms with Gasteiger partial charge in [-0.2, -0.15) is 0 Å². The lowest BCUT2D eigenvalue weighted by atomic mass is 10.0. The van der Waals surface area contributed by atoms with E-state index in [0.29, 0.717) is 24.4 Å². The van der Waals surface area contributed by atoms with Crippen molar-refractivity contribution < 1.29 is 14.3 Å². The van der Waals surface area contributed by atoms with E-state index in [1.54, 1.807) is 6.26 Å². The fraction of sp³-hybridized carbons (Fsp3) is 0.400. The maximum atomic E-state index is 11.0. The minimum absolute atomic E-state index is 0.0379. The maximum absolute atomic E-state index is 11.0. The zero-order valence-corrected chi connectivity index (χ0v) is 11.9. The van der Waals surface area contributed by atoms with Crippen molar-refractivity contribution in [2.24, 2.45) is 0 Å². The molecule has 0 aliphatic carbocycles. The van der Waals surface area contributed by atoms with Crippen LogP contribution < -0.4 is 0 Å². The summed E-state index contributed by atoms with van der Waals surface area (Å²) in [5.41, 5.74) is 3.27. The lowest BCUT2D eigenvalue weighted by Crippen LogP contribution is -2.11. The van der Waals surface area contributed by atoms with Crippen molar-refractivity contribution >= 4 is 5.97 Å². The van der Waals surface area contributed by atoms with E-state index >= 15 is 0 Å². The normalized spacial score (nSPS) is 10.8. The van der Waals surface area contributed by atoms with Gasteiger partial charge in [-0.25, -0.2) is 9.97 Å². The van der Waals surface area contributed by atoms with E-state index in [-0.39, 0.29) is 6.42 Å². The zero-order chi connectivity index (χ0) is 14.7. The van der Waals surface area contributed by atoms with Gasteiger partial charge < -0.3 is 9.52 Å². The first-order chi connectivity index (χ1) is 9.56. The standard InChI is InChI=1S/C15H18N2O3/c1-4-11-10(8-13(18)19)12(5-2)17-15(16-11)14-9(3)6-7-20-14/h6-7H,4-5,8H2,1-3H3,(H,18,19). The lowest BCUT2D eigenvalue weighted by molar-refractivity contribution is -0.136. The first-order valence-corrected chi connectivity index (χ1v) is 6.71. The van der Waals surface area contributed by atoms with Crippen LogP contribution in [-0.4, -0.2) is 21.0 Å². The Kier molecular flexibility index (Phi) is 4.17. The van der Waals surface area contributed by atoms with E-state index in [2.05, 4.69) is 9.97 Å². The molecule has 0 amide bonds. The van der Waals surface area contributed by atoms with Gasteiger partial charge in [0.05, 0.1) is 12.7 Å². The van der Waals surface area contributed by atoms with Gasteiger partial charge in [0.2, 0.25) is 0 Å². The Morgan fingerprint density at radius 3 is 2.25 bits per heavy atom. The Morgan fingerprint density at radius 1 is 1.25 bits per heavy atom. The Balaban J connectivity index is 2.58. The monoisotopic (exact) mass is 274 g/mol. The average Bonchev–Trinajstić information content (AvgIpc) is 2.84. The summed E-state index contributed by atoms with van der Waals surface area (Å²) in [6, 6.07) is 1.86. The van der Waals surface area contributed by atoms with E-state index in [1.165, 1.54) is 0 Å². The summed E-state index contributed by atoms with van der Waals surface area (Å²) in [5.74, 6) is 0.326. The van der Waals surface area contributed by atoms with E-state index in [0.717, 1.165) is 22.5 Å². The molecule has 0 saturated carbocycles. The van der Waals surface area contributed by atoms with Gasteiger partial charge in [0, 0.05) is 17.0 Å². The lowest BCUT2D eigenvalue weighted by Gasteiger charge is -2.11. The van der Waals surface area contributed by atoms with Crippen LogP contribution in [-0.2, 0) is 24.1 Å². The quantitative estimate of drug-likeness (QED) is 0.907. The van der Waals surface area contributed by atoms with Gasteiger partial charge in [0.25, 0.3) is 0 Å². The highest BCUT2D eigenvalue weighted by Gasteiger charge is 2.18. The molecule has 0 aliphatic rings. The second-order valence-corrected chi connectivity index (χ2v) is 4.63. The first kappa shape index (κ1) is 14.2. The van der Waals surface area contributed by atoms with Crippen molar-refractivity contribution in [2.75, 3.05) is 0 Å². The number of nitrogens with zero attached hydrogens (tertiary/aromatic N) is 2. The highest BCUT2D eigenvalue weighted by Crippen LogP contribution is 2.24. The zero-order valence-electron chi connectivity index (χ0n) is 11.9. The maximum Gasteiger partial charge on any atom is 0.307 e. The summed E-state index contributed by atoms with van der Waals surface area (Å²) < 4.78 is 5.43. The number of rotatable bonds is 5. The molecule has 2 heterocycles. The number of aliphatic carboxylic acids is 1. The van der Waals surface area contributed by atoms with Crippen LogP contribution in [0.3, 0.4) is 0 Å². The molecule has 20 heavy (non-hydrogen) atoms. The van der Waals surface area contributed by atoms with Crippen LogP contribution in [0.15, 0.2) is 16.7 Å². The SMILES string of the molecule is CCc1nc(-c2occc2C)nc(CC)c1CC(=O)O. The molecular weight excluding hydrogens is 256 g/mol. The van der Waals surface area contributed by atoms with Crippen molar-refractivity contribution in [3.05, 3.63) is 34.8 Å². The molecule has 0 spiro atoms. The molecule has 0 radical (unpaired) electrons. The van der Waals surface area contributed by atoms with Gasteiger partial charge in [-0.05, 0) is 31.4 Å². The molecule has 0 aliphatic heterocycles. The number of aryl methyl sites for hydroxylation is 3. The van der Waals surface area contributed by atoms with Gasteiger partial charge in [-0.15, -0.1) is 0 Å². The first-order valence-electron chi connectivity index (χ1n) is 6.71. The Labute approximate surface area is 117 Å². The molecule has 0 fully saturated rings. The number of carbonyl (C=O) groups is 1. The van der Waals surface area contributed by atoms with Gasteiger partial charge in [-0.3, -0.25) is 4.79 Å². The fourth-order valence-electron chi connectivity index (χ4n) is 2.23. The molecule has 0 unspecified atom stereocenters. The molecule has 0 atom stereocenters. The molecule has 2 aromatic rings. The molecular formula is C15H18N2O3. The Hall–Kier alpha value is -2.17. The van der Waals surface area contributed by atoms with Crippen LogP contribution in [0.5, 0.6) is 0 Å². The molecule has 106 valence electrons. The fourth-order valence-corrected chi connectivity index (χ4v) is 2.23. The number of hydrogen-bond donors (Lipinski definition) is 1. The van der Waals surface area contributed by atoms with Crippen LogP contribution in [0, 0.1) is 6.92 Å². The average molecular weight is 274 g/mol. The molecule has 1 N–H and O–H groups in total. The van der Waals surface area contributed by atoms with Crippen LogP contribution in [0.25, 0.3) is 11.6 Å². The summed E-state index contributed by atoms with van der Waals surface area (Å²) in [5, 5.41) is 9.03. The minimum atomic E-state index is -0.861. The van der Waals surface area contributed by atoms with Crippen molar-refractivity contribution in [2.45, 2.75) is 40.0 Å². The summed E-state index contributed by atoms with van der Waals surface area (Å²) in [6.45, 7) is 5.86. The molecule has 2 aromatic heterocycles. The topological polar surface area (TPSA) is 76.2 Å². The highest BCUT2D eigenvalue weighted by molar-refractivity contribution is 5.71. The second kappa shape index (κ2) is 5.86. The predicted molar refractivity (Wildman–Crippen MR) is 74.6 cm³/mol. The largest absolute Gasteiger partial charge is 0.481 e. The number of aromatic nitrogens is 2. The van der Waals surface area contributed by atoms with Crippen molar-refractivity contribution in [1.29, 1.82) is 0 Å². The molecule has 5 nitrogen and oxygen atoms in total. The van der Waals surface area contributed by atoms with E-state index < -0.39 is 5.97 Å². The van der Waals surface area contributed by atoms with Gasteiger partial charge in [-0.1, -0.05) is 13.8 Å². The van der Waals surface area contributed by atoms with E-state index in [1.807, 2.05) is 26.8 Å². The molecule has 0 bridgehead atoms. The Morgan fingerprint density at radius 2 is 1.85 bits per heavy atom. The van der Waals surface area contributed by atoms with Crippen molar-refractivity contribution in [1.82, 2.24) is 9.97 Å². The number of carboxylic acid groups (broad SMARTS) is 1. The van der Waals surface area contributed by atoms with Crippen LogP contribution in [0.4, 0.5) is 0 Å². The highest BCUT2D eigenvalue weighted by atomic mass is 16.4. The summed E-state index contributed by atoms with van der Waals surface area (Å²) in [7, 11) is 0. The number of hydrogen-bond acceptors (Lipinski definition) is 4. The van der Waals surface area contributed by atoms with E-state index in [9.17, 15) is 4.79 Å². The third-order valence-corrected chi connectivity index (χ3v) is 3.24. The van der Waals surface area contributed by atoms with Gasteiger partial charge in [0.15, 0.2) is 11.6 Å². The van der Waals surface area contributed by atoms with Gasteiger partial charge >= 0.3 is 5.97 Å². The molecule has 2 rings (SSSR count). The summed E-state index contributed by atoms with van der Waals surface area (Å²) >= 11 is 0. The van der Waals surface area contributed by atoms with Crippen LogP contribution in [0.1, 0.15) is 36.4 Å². The number of carboxylic acids is 1. The van der Waals surface area contributed by atoms with Crippen molar-refractivity contribution in [3.8, 4) is 11.6 Å². The summed E-state index contributed by atoms with van der Waals surface area (Å²) in [4.78, 5) is 20.0. The van der Waals surface area contributed by atoms with E-state index in [4.69, 9.17) is 9.52 Å². The number of furan rings is 1. The predicted octanol–water partition coefficient (Wildman–Crippen LogP) is 2.80. The molecule has 0 aromatic carbocycles.